The molecule has 0 spiro atoms. The molecule has 1 amide bonds. The van der Waals surface area contributed by atoms with Crippen LogP contribution in [0.5, 0.6) is 0 Å². The molecule has 1 fully saturated rings. The van der Waals surface area contributed by atoms with Gasteiger partial charge in [0.25, 0.3) is 0 Å². The Morgan fingerprint density at radius 2 is 2.00 bits per heavy atom. The number of benzene rings is 1. The van der Waals surface area contributed by atoms with Gasteiger partial charge in [-0.15, -0.1) is 12.4 Å². The Morgan fingerprint density at radius 1 is 1.35 bits per heavy atom. The number of hydrogen-bond acceptors (Lipinski definition) is 2. The smallest absolute Gasteiger partial charge is 0.228 e. The molecule has 1 aliphatic rings. The van der Waals surface area contributed by atoms with Gasteiger partial charge in [0.15, 0.2) is 0 Å². The third-order valence-electron chi connectivity index (χ3n) is 3.02. The number of halogens is 1. The average Bonchev–Trinajstić information content (AvgIpc) is 3.13. The van der Waals surface area contributed by atoms with Crippen molar-refractivity contribution in [3.63, 3.8) is 0 Å². The van der Waals surface area contributed by atoms with Crippen LogP contribution >= 0.6 is 12.4 Å². The van der Waals surface area contributed by atoms with E-state index in [1.165, 1.54) is 12.8 Å². The largest absolute Gasteiger partial charge is 0.355 e. The second-order valence-corrected chi connectivity index (χ2v) is 4.39. The lowest BCUT2D eigenvalue weighted by Gasteiger charge is -2.14. The molecule has 0 aliphatic heterocycles. The van der Waals surface area contributed by atoms with Crippen LogP contribution in [0.15, 0.2) is 30.3 Å². The fraction of sp³-hybridized carbons (Fsp3) is 0.462. The minimum atomic E-state index is -0.208. The molecular weight excluding hydrogens is 236 g/mol. The molecule has 2 rings (SSSR count). The topological polar surface area (TPSA) is 55.1 Å². The Bertz CT molecular complexity index is 352. The van der Waals surface area contributed by atoms with E-state index in [9.17, 15) is 4.79 Å². The minimum absolute atomic E-state index is 0. The van der Waals surface area contributed by atoms with E-state index in [0.29, 0.717) is 12.5 Å². The van der Waals surface area contributed by atoms with Crippen LogP contribution in [0, 0.1) is 5.92 Å². The van der Waals surface area contributed by atoms with E-state index in [1.54, 1.807) is 0 Å². The maximum absolute atomic E-state index is 11.9. The molecular formula is C13H19ClN2O. The Balaban J connectivity index is 0.00000144. The lowest BCUT2D eigenvalue weighted by Crippen LogP contribution is -2.34. The Hall–Kier alpha value is -1.06. The van der Waals surface area contributed by atoms with Gasteiger partial charge >= 0.3 is 0 Å². The first kappa shape index (κ1) is 14.0. The molecule has 0 aromatic heterocycles. The van der Waals surface area contributed by atoms with Gasteiger partial charge in [-0.05, 0) is 24.3 Å². The number of carbonyl (C=O) groups excluding carboxylic acids is 1. The normalized spacial score (nSPS) is 15.8. The average molecular weight is 255 g/mol. The number of nitrogens with two attached hydrogens (primary N) is 1. The van der Waals surface area contributed by atoms with Crippen LogP contribution in [0.4, 0.5) is 0 Å². The summed E-state index contributed by atoms with van der Waals surface area (Å²) in [6.07, 6.45) is 2.50. The van der Waals surface area contributed by atoms with Gasteiger partial charge in [-0.2, -0.15) is 0 Å². The number of rotatable bonds is 5. The molecule has 4 heteroatoms. The number of amides is 1. The highest BCUT2D eigenvalue weighted by Gasteiger charge is 2.24. The highest BCUT2D eigenvalue weighted by molar-refractivity contribution is 5.85. The van der Waals surface area contributed by atoms with Crippen LogP contribution in [0.3, 0.4) is 0 Å². The van der Waals surface area contributed by atoms with Crippen molar-refractivity contribution in [1.29, 1.82) is 0 Å². The van der Waals surface area contributed by atoms with E-state index >= 15 is 0 Å². The standard InChI is InChI=1S/C13H18N2O.ClH/c14-8-12(11-4-2-1-3-5-11)13(16)15-9-10-6-7-10;/h1-5,10,12H,6-9,14H2,(H,15,16);1H. The number of hydrogen-bond donors (Lipinski definition) is 2. The first-order valence-corrected chi connectivity index (χ1v) is 5.84. The number of carbonyl (C=O) groups is 1. The summed E-state index contributed by atoms with van der Waals surface area (Å²) in [7, 11) is 0. The van der Waals surface area contributed by atoms with Gasteiger partial charge < -0.3 is 11.1 Å². The Morgan fingerprint density at radius 3 is 2.53 bits per heavy atom. The lowest BCUT2D eigenvalue weighted by atomic mass is 9.98. The first-order valence-electron chi connectivity index (χ1n) is 5.84. The maximum atomic E-state index is 11.9. The molecule has 94 valence electrons. The fourth-order valence-corrected chi connectivity index (χ4v) is 1.77. The van der Waals surface area contributed by atoms with E-state index in [-0.39, 0.29) is 24.2 Å². The van der Waals surface area contributed by atoms with Crippen LogP contribution in [-0.4, -0.2) is 19.0 Å². The van der Waals surface area contributed by atoms with Gasteiger partial charge in [0.05, 0.1) is 5.92 Å². The van der Waals surface area contributed by atoms with Crippen molar-refractivity contribution in [3.8, 4) is 0 Å². The third kappa shape index (κ3) is 4.02. The zero-order valence-corrected chi connectivity index (χ0v) is 10.6. The molecule has 0 bridgehead atoms. The lowest BCUT2D eigenvalue weighted by molar-refractivity contribution is -0.122. The zero-order chi connectivity index (χ0) is 11.4. The molecule has 3 nitrogen and oxygen atoms in total. The molecule has 1 aromatic carbocycles. The first-order chi connectivity index (χ1) is 7.81. The van der Waals surface area contributed by atoms with Crippen molar-refractivity contribution in [1.82, 2.24) is 5.32 Å². The molecule has 1 aromatic rings. The predicted molar refractivity (Wildman–Crippen MR) is 71.2 cm³/mol. The molecule has 0 saturated heterocycles. The highest BCUT2D eigenvalue weighted by Crippen LogP contribution is 2.27. The van der Waals surface area contributed by atoms with Gasteiger partial charge in [-0.25, -0.2) is 0 Å². The van der Waals surface area contributed by atoms with Gasteiger partial charge in [0, 0.05) is 13.1 Å². The fourth-order valence-electron chi connectivity index (χ4n) is 1.77. The quantitative estimate of drug-likeness (QED) is 0.840. The summed E-state index contributed by atoms with van der Waals surface area (Å²) in [5.74, 6) is 0.554. The second kappa shape index (κ2) is 6.62. The summed E-state index contributed by atoms with van der Waals surface area (Å²) >= 11 is 0. The SMILES string of the molecule is Cl.NCC(C(=O)NCC1CC1)c1ccccc1. The van der Waals surface area contributed by atoms with Gasteiger partial charge in [0.2, 0.25) is 5.91 Å². The van der Waals surface area contributed by atoms with Crippen LogP contribution in [-0.2, 0) is 4.79 Å². The number of nitrogens with one attached hydrogen (secondary N) is 1. The van der Waals surface area contributed by atoms with Crippen LogP contribution < -0.4 is 11.1 Å². The molecule has 1 saturated carbocycles. The van der Waals surface area contributed by atoms with Gasteiger partial charge in [0.1, 0.15) is 0 Å². The summed E-state index contributed by atoms with van der Waals surface area (Å²) in [5.41, 5.74) is 6.67. The minimum Gasteiger partial charge on any atom is -0.355 e. The molecule has 17 heavy (non-hydrogen) atoms. The van der Waals surface area contributed by atoms with Crippen molar-refractivity contribution in [2.45, 2.75) is 18.8 Å². The summed E-state index contributed by atoms with van der Waals surface area (Å²) in [4.78, 5) is 11.9. The molecule has 3 N–H and O–H groups in total. The summed E-state index contributed by atoms with van der Waals surface area (Å²) in [5, 5.41) is 2.98. The van der Waals surface area contributed by atoms with Gasteiger partial charge in [-0.1, -0.05) is 30.3 Å². The van der Waals surface area contributed by atoms with E-state index in [0.717, 1.165) is 12.1 Å². The van der Waals surface area contributed by atoms with Crippen LogP contribution in [0.2, 0.25) is 0 Å². The predicted octanol–water partition coefficient (Wildman–Crippen LogP) is 1.68. The highest BCUT2D eigenvalue weighted by atomic mass is 35.5. The maximum Gasteiger partial charge on any atom is 0.228 e. The van der Waals surface area contributed by atoms with Gasteiger partial charge in [-0.3, -0.25) is 4.79 Å². The molecule has 1 aliphatic carbocycles. The molecule has 0 heterocycles. The Labute approximate surface area is 108 Å². The molecule has 0 radical (unpaired) electrons. The molecule has 1 atom stereocenters. The van der Waals surface area contributed by atoms with E-state index in [1.807, 2.05) is 30.3 Å². The van der Waals surface area contributed by atoms with Crippen molar-refractivity contribution in [3.05, 3.63) is 35.9 Å². The van der Waals surface area contributed by atoms with E-state index in [4.69, 9.17) is 5.73 Å². The van der Waals surface area contributed by atoms with Crippen molar-refractivity contribution in [2.75, 3.05) is 13.1 Å². The van der Waals surface area contributed by atoms with E-state index in [2.05, 4.69) is 5.32 Å². The van der Waals surface area contributed by atoms with Crippen LogP contribution in [0.25, 0.3) is 0 Å². The summed E-state index contributed by atoms with van der Waals surface area (Å²) in [6, 6.07) is 9.72. The zero-order valence-electron chi connectivity index (χ0n) is 9.76. The Kier molecular flexibility index (Phi) is 5.45. The summed E-state index contributed by atoms with van der Waals surface area (Å²) in [6.45, 7) is 1.17. The second-order valence-electron chi connectivity index (χ2n) is 4.39. The monoisotopic (exact) mass is 254 g/mol. The molecule has 1 unspecified atom stereocenters. The van der Waals surface area contributed by atoms with Crippen molar-refractivity contribution in [2.24, 2.45) is 11.7 Å². The van der Waals surface area contributed by atoms with Crippen molar-refractivity contribution >= 4 is 18.3 Å². The van der Waals surface area contributed by atoms with Crippen LogP contribution in [0.1, 0.15) is 24.3 Å². The van der Waals surface area contributed by atoms with E-state index < -0.39 is 0 Å². The third-order valence-corrected chi connectivity index (χ3v) is 3.02. The summed E-state index contributed by atoms with van der Waals surface area (Å²) < 4.78 is 0. The van der Waals surface area contributed by atoms with Crippen molar-refractivity contribution < 1.29 is 4.79 Å².